The smallest absolute Gasteiger partial charge is 0.163 e. The van der Waals surface area contributed by atoms with E-state index in [0.717, 1.165) is 31.7 Å². The third-order valence-electron chi connectivity index (χ3n) is 4.44. The van der Waals surface area contributed by atoms with Gasteiger partial charge in [0.2, 0.25) is 0 Å². The summed E-state index contributed by atoms with van der Waals surface area (Å²) in [7, 11) is 3.13. The van der Waals surface area contributed by atoms with Crippen molar-refractivity contribution in [1.82, 2.24) is 10.2 Å². The van der Waals surface area contributed by atoms with Crippen molar-refractivity contribution in [2.75, 3.05) is 40.4 Å². The molecule has 1 aromatic rings. The average Bonchev–Trinajstić information content (AvgIpc) is 3.34. The molecule has 2 fully saturated rings. The molecule has 0 aromatic heterocycles. The van der Waals surface area contributed by atoms with E-state index in [0.29, 0.717) is 17.4 Å². The maximum atomic E-state index is 14.6. The summed E-state index contributed by atoms with van der Waals surface area (Å²) in [5.41, 5.74) is 0.747. The minimum Gasteiger partial charge on any atom is -0.493 e. The summed E-state index contributed by atoms with van der Waals surface area (Å²) in [5, 5.41) is 3.36. The third-order valence-corrected chi connectivity index (χ3v) is 4.44. The molecule has 1 aromatic carbocycles. The van der Waals surface area contributed by atoms with Gasteiger partial charge in [-0.25, -0.2) is 4.39 Å². The predicted molar refractivity (Wildman–Crippen MR) is 79.4 cm³/mol. The van der Waals surface area contributed by atoms with Crippen molar-refractivity contribution in [2.45, 2.75) is 18.9 Å². The second-order valence-corrected chi connectivity index (χ2v) is 5.80. The highest BCUT2D eigenvalue weighted by atomic mass is 19.1. The molecule has 2 aliphatic rings. The molecule has 1 heterocycles. The zero-order valence-corrected chi connectivity index (χ0v) is 12.7. The zero-order valence-electron chi connectivity index (χ0n) is 12.7. The summed E-state index contributed by atoms with van der Waals surface area (Å²) < 4.78 is 25.1. The van der Waals surface area contributed by atoms with Gasteiger partial charge in [0.15, 0.2) is 11.5 Å². The summed E-state index contributed by atoms with van der Waals surface area (Å²) in [5.74, 6) is 1.43. The number of piperazine rings is 1. The molecule has 5 heteroatoms. The molecule has 1 atom stereocenters. The molecule has 0 amide bonds. The molecule has 1 saturated heterocycles. The van der Waals surface area contributed by atoms with Crippen LogP contribution in [-0.2, 0) is 0 Å². The average molecular weight is 294 g/mol. The van der Waals surface area contributed by atoms with Crippen molar-refractivity contribution in [3.05, 3.63) is 23.5 Å². The molecule has 4 nitrogen and oxygen atoms in total. The minimum atomic E-state index is -0.192. The Morgan fingerprint density at radius 2 is 1.76 bits per heavy atom. The van der Waals surface area contributed by atoms with Crippen LogP contribution in [0.1, 0.15) is 24.4 Å². The van der Waals surface area contributed by atoms with Crippen LogP contribution < -0.4 is 14.8 Å². The minimum absolute atomic E-state index is 0.159. The molecule has 1 saturated carbocycles. The Hall–Kier alpha value is -1.33. The Morgan fingerprint density at radius 1 is 1.14 bits per heavy atom. The van der Waals surface area contributed by atoms with E-state index in [1.54, 1.807) is 7.11 Å². The van der Waals surface area contributed by atoms with Gasteiger partial charge in [0, 0.05) is 43.9 Å². The van der Waals surface area contributed by atoms with Crippen molar-refractivity contribution in [2.24, 2.45) is 5.92 Å². The lowest BCUT2D eigenvalue weighted by Gasteiger charge is -2.35. The van der Waals surface area contributed by atoms with Crippen LogP contribution in [0.5, 0.6) is 11.5 Å². The molecule has 0 radical (unpaired) electrons. The molecule has 0 spiro atoms. The third kappa shape index (κ3) is 2.99. The normalized spacial score (nSPS) is 21.1. The highest BCUT2D eigenvalue weighted by Crippen LogP contribution is 2.47. The molecule has 0 unspecified atom stereocenters. The van der Waals surface area contributed by atoms with Crippen molar-refractivity contribution in [1.29, 1.82) is 0 Å². The lowest BCUT2D eigenvalue weighted by atomic mass is 9.98. The van der Waals surface area contributed by atoms with Gasteiger partial charge in [-0.15, -0.1) is 0 Å². The van der Waals surface area contributed by atoms with Gasteiger partial charge in [0.25, 0.3) is 0 Å². The number of methoxy groups -OCH3 is 2. The molecule has 1 N–H and O–H groups in total. The maximum Gasteiger partial charge on any atom is 0.163 e. The van der Waals surface area contributed by atoms with Crippen LogP contribution in [0.25, 0.3) is 0 Å². The molecular formula is C16H23FN2O2. The first-order valence-electron chi connectivity index (χ1n) is 7.60. The number of benzene rings is 1. The molecule has 1 aliphatic heterocycles. The van der Waals surface area contributed by atoms with Gasteiger partial charge in [0.05, 0.1) is 14.2 Å². The quantitative estimate of drug-likeness (QED) is 0.902. The van der Waals surface area contributed by atoms with Gasteiger partial charge in [-0.2, -0.15) is 0 Å². The van der Waals surface area contributed by atoms with Crippen LogP contribution in [0.4, 0.5) is 4.39 Å². The number of rotatable bonds is 5. The number of halogens is 1. The van der Waals surface area contributed by atoms with Gasteiger partial charge < -0.3 is 14.8 Å². The van der Waals surface area contributed by atoms with Crippen LogP contribution in [0.15, 0.2) is 12.1 Å². The van der Waals surface area contributed by atoms with E-state index < -0.39 is 0 Å². The highest BCUT2D eigenvalue weighted by Gasteiger charge is 2.38. The van der Waals surface area contributed by atoms with Crippen LogP contribution in [0.2, 0.25) is 0 Å². The second kappa shape index (κ2) is 6.20. The van der Waals surface area contributed by atoms with Gasteiger partial charge >= 0.3 is 0 Å². The van der Waals surface area contributed by atoms with Gasteiger partial charge in [0.1, 0.15) is 5.82 Å². The summed E-state index contributed by atoms with van der Waals surface area (Å²) in [4.78, 5) is 2.40. The summed E-state index contributed by atoms with van der Waals surface area (Å²) in [6, 6.07) is 3.43. The Morgan fingerprint density at radius 3 is 2.33 bits per heavy atom. The lowest BCUT2D eigenvalue weighted by molar-refractivity contribution is 0.152. The Balaban J connectivity index is 1.94. The summed E-state index contributed by atoms with van der Waals surface area (Å²) in [6.45, 7) is 3.88. The van der Waals surface area contributed by atoms with E-state index in [1.165, 1.54) is 26.0 Å². The van der Waals surface area contributed by atoms with Crippen LogP contribution in [0.3, 0.4) is 0 Å². The fourth-order valence-electron chi connectivity index (χ4n) is 3.22. The Bertz CT molecular complexity index is 499. The molecule has 21 heavy (non-hydrogen) atoms. The number of hydrogen-bond acceptors (Lipinski definition) is 4. The number of nitrogens with zero attached hydrogens (tertiary/aromatic N) is 1. The summed E-state index contributed by atoms with van der Waals surface area (Å²) in [6.07, 6.45) is 2.37. The molecule has 0 bridgehead atoms. The van der Waals surface area contributed by atoms with Crippen molar-refractivity contribution < 1.29 is 13.9 Å². The number of hydrogen-bond donors (Lipinski definition) is 1. The molecule has 3 rings (SSSR count). The number of nitrogens with one attached hydrogen (secondary N) is 1. The van der Waals surface area contributed by atoms with Crippen molar-refractivity contribution in [3.63, 3.8) is 0 Å². The van der Waals surface area contributed by atoms with E-state index >= 15 is 0 Å². The van der Waals surface area contributed by atoms with Gasteiger partial charge in [-0.1, -0.05) is 0 Å². The van der Waals surface area contributed by atoms with Crippen LogP contribution in [0, 0.1) is 11.7 Å². The number of ether oxygens (including phenoxy) is 2. The molecule has 1 aliphatic carbocycles. The van der Waals surface area contributed by atoms with E-state index in [-0.39, 0.29) is 11.9 Å². The first kappa shape index (κ1) is 14.6. The monoisotopic (exact) mass is 294 g/mol. The molecule has 116 valence electrons. The van der Waals surface area contributed by atoms with E-state index in [2.05, 4.69) is 10.2 Å². The highest BCUT2D eigenvalue weighted by molar-refractivity contribution is 5.45. The van der Waals surface area contributed by atoms with E-state index in [9.17, 15) is 4.39 Å². The predicted octanol–water partition coefficient (Wildman–Crippen LogP) is 2.20. The first-order valence-corrected chi connectivity index (χ1v) is 7.60. The topological polar surface area (TPSA) is 33.7 Å². The fourth-order valence-corrected chi connectivity index (χ4v) is 3.22. The first-order chi connectivity index (χ1) is 10.2. The van der Waals surface area contributed by atoms with Crippen LogP contribution in [-0.4, -0.2) is 45.3 Å². The Kier molecular flexibility index (Phi) is 4.31. The van der Waals surface area contributed by atoms with E-state index in [4.69, 9.17) is 9.47 Å². The van der Waals surface area contributed by atoms with E-state index in [1.807, 2.05) is 6.07 Å². The van der Waals surface area contributed by atoms with Crippen molar-refractivity contribution in [3.8, 4) is 11.5 Å². The Labute approximate surface area is 125 Å². The standard InChI is InChI=1S/C16H23FN2O2/c1-20-14-9-12(13(17)10-15(14)21-2)16(11-3-4-11)19-7-5-18-6-8-19/h9-11,16,18H,3-8H2,1-2H3/t16-/m1/s1. The van der Waals surface area contributed by atoms with Crippen LogP contribution >= 0.6 is 0 Å². The lowest BCUT2D eigenvalue weighted by Crippen LogP contribution is -2.45. The molecular weight excluding hydrogens is 271 g/mol. The zero-order chi connectivity index (χ0) is 14.8. The second-order valence-electron chi connectivity index (χ2n) is 5.80. The fraction of sp³-hybridized carbons (Fsp3) is 0.625. The maximum absolute atomic E-state index is 14.6. The van der Waals surface area contributed by atoms with Gasteiger partial charge in [-0.3, -0.25) is 4.90 Å². The summed E-state index contributed by atoms with van der Waals surface area (Å²) >= 11 is 0. The largest absolute Gasteiger partial charge is 0.493 e. The van der Waals surface area contributed by atoms with Gasteiger partial charge in [-0.05, 0) is 24.8 Å². The van der Waals surface area contributed by atoms with Crippen molar-refractivity contribution >= 4 is 0 Å². The SMILES string of the molecule is COc1cc(F)c([C@@H](C2CC2)N2CCNCC2)cc1OC.